The Kier molecular flexibility index (Phi) is 6.08. The highest BCUT2D eigenvalue weighted by Gasteiger charge is 2.20. The third-order valence-corrected chi connectivity index (χ3v) is 5.44. The molecule has 0 saturated carbocycles. The van der Waals surface area contributed by atoms with Gasteiger partial charge < -0.3 is 9.69 Å². The first-order chi connectivity index (χ1) is 15.3. The number of pyridine rings is 3. The van der Waals surface area contributed by atoms with Crippen LogP contribution in [0.25, 0.3) is 33.2 Å². The monoisotopic (exact) mass is 410 g/mol. The fourth-order valence-corrected chi connectivity index (χ4v) is 3.93. The van der Waals surface area contributed by atoms with Gasteiger partial charge in [-0.15, -0.1) is 0 Å². The Morgan fingerprint density at radius 3 is 2.35 bits per heavy atom. The van der Waals surface area contributed by atoms with Crippen molar-refractivity contribution in [2.75, 3.05) is 13.1 Å². The molecule has 1 saturated heterocycles. The van der Waals surface area contributed by atoms with E-state index in [1.54, 1.807) is 18.6 Å². The third kappa shape index (κ3) is 4.19. The SMILES string of the molecule is C=O.O=C(c1cncc(-c2ccc3nccc(-c4ccncc4)c3c2)c1)N1CCCC1. The summed E-state index contributed by atoms with van der Waals surface area (Å²) in [6.45, 7) is 3.67. The number of likely N-dealkylation sites (tertiary alicyclic amines) is 1. The molecule has 154 valence electrons. The number of amides is 1. The summed E-state index contributed by atoms with van der Waals surface area (Å²) in [6.07, 6.45) is 11.0. The molecule has 6 heteroatoms. The Bertz CT molecular complexity index is 1200. The molecule has 0 spiro atoms. The van der Waals surface area contributed by atoms with Gasteiger partial charge in [0.1, 0.15) is 6.79 Å². The zero-order chi connectivity index (χ0) is 21.6. The predicted molar refractivity (Wildman–Crippen MR) is 120 cm³/mol. The lowest BCUT2D eigenvalue weighted by Gasteiger charge is -2.15. The predicted octanol–water partition coefficient (Wildman–Crippen LogP) is 4.41. The molecule has 1 aromatic carbocycles. The first-order valence-corrected chi connectivity index (χ1v) is 10.1. The van der Waals surface area contributed by atoms with Crippen molar-refractivity contribution in [1.29, 1.82) is 0 Å². The van der Waals surface area contributed by atoms with Crippen molar-refractivity contribution >= 4 is 23.6 Å². The molecule has 31 heavy (non-hydrogen) atoms. The van der Waals surface area contributed by atoms with Crippen molar-refractivity contribution in [1.82, 2.24) is 19.9 Å². The zero-order valence-electron chi connectivity index (χ0n) is 17.1. The highest BCUT2D eigenvalue weighted by atomic mass is 16.2. The van der Waals surface area contributed by atoms with Gasteiger partial charge in [0.25, 0.3) is 5.91 Å². The van der Waals surface area contributed by atoms with Crippen LogP contribution in [0.5, 0.6) is 0 Å². The lowest BCUT2D eigenvalue weighted by atomic mass is 9.98. The molecule has 6 nitrogen and oxygen atoms in total. The maximum Gasteiger partial charge on any atom is 0.255 e. The molecule has 1 aliphatic heterocycles. The Balaban J connectivity index is 0.00000112. The topological polar surface area (TPSA) is 76.0 Å². The van der Waals surface area contributed by atoms with E-state index in [1.165, 1.54) is 0 Å². The van der Waals surface area contributed by atoms with E-state index < -0.39 is 0 Å². The van der Waals surface area contributed by atoms with E-state index in [2.05, 4.69) is 21.0 Å². The molecule has 4 aromatic rings. The summed E-state index contributed by atoms with van der Waals surface area (Å²) in [4.78, 5) is 35.6. The van der Waals surface area contributed by atoms with Crippen LogP contribution in [-0.2, 0) is 4.79 Å². The summed E-state index contributed by atoms with van der Waals surface area (Å²) in [5.41, 5.74) is 5.73. The smallest absolute Gasteiger partial charge is 0.255 e. The number of rotatable bonds is 3. The highest BCUT2D eigenvalue weighted by molar-refractivity contribution is 5.98. The van der Waals surface area contributed by atoms with Gasteiger partial charge in [0.2, 0.25) is 0 Å². The Morgan fingerprint density at radius 1 is 0.806 bits per heavy atom. The minimum Gasteiger partial charge on any atom is -0.339 e. The molecule has 0 bridgehead atoms. The Hall–Kier alpha value is -3.93. The quantitative estimate of drug-likeness (QED) is 0.500. The summed E-state index contributed by atoms with van der Waals surface area (Å²) < 4.78 is 0. The molecule has 5 rings (SSSR count). The van der Waals surface area contributed by atoms with E-state index in [9.17, 15) is 4.79 Å². The molecule has 1 fully saturated rings. The average molecular weight is 410 g/mol. The largest absolute Gasteiger partial charge is 0.339 e. The van der Waals surface area contributed by atoms with Crippen LogP contribution in [0.1, 0.15) is 23.2 Å². The van der Waals surface area contributed by atoms with Crippen molar-refractivity contribution in [3.05, 3.63) is 79.0 Å². The van der Waals surface area contributed by atoms with Gasteiger partial charge in [-0.1, -0.05) is 6.07 Å². The molecule has 1 aliphatic rings. The van der Waals surface area contributed by atoms with Crippen LogP contribution in [0.3, 0.4) is 0 Å². The lowest BCUT2D eigenvalue weighted by Crippen LogP contribution is -2.27. The van der Waals surface area contributed by atoms with Crippen molar-refractivity contribution in [2.24, 2.45) is 0 Å². The first kappa shape index (κ1) is 20.3. The van der Waals surface area contributed by atoms with Crippen LogP contribution >= 0.6 is 0 Å². The summed E-state index contributed by atoms with van der Waals surface area (Å²) in [5, 5.41) is 1.06. The van der Waals surface area contributed by atoms with Gasteiger partial charge in [-0.2, -0.15) is 0 Å². The van der Waals surface area contributed by atoms with Crippen LogP contribution in [0.2, 0.25) is 0 Å². The summed E-state index contributed by atoms with van der Waals surface area (Å²) in [7, 11) is 0. The molecular weight excluding hydrogens is 388 g/mol. The van der Waals surface area contributed by atoms with Gasteiger partial charge in [-0.3, -0.25) is 19.7 Å². The standard InChI is InChI=1S/C24H20N4O.CH2O/c29-24(28-11-1-2-12-28)20-13-19(15-26-16-20)18-3-4-23-22(14-18)21(7-10-27-23)17-5-8-25-9-6-17;1-2/h3-10,13-16H,1-2,11-12H2;1H2. The highest BCUT2D eigenvalue weighted by Crippen LogP contribution is 2.31. The van der Waals surface area contributed by atoms with E-state index in [1.807, 2.05) is 60.5 Å². The molecular formula is C25H22N4O2. The summed E-state index contributed by atoms with van der Waals surface area (Å²) in [6, 6.07) is 14.1. The number of hydrogen-bond acceptors (Lipinski definition) is 5. The second-order valence-electron chi connectivity index (χ2n) is 7.29. The molecule has 0 aliphatic carbocycles. The van der Waals surface area contributed by atoms with E-state index >= 15 is 0 Å². The molecule has 0 unspecified atom stereocenters. The van der Waals surface area contributed by atoms with Gasteiger partial charge >= 0.3 is 0 Å². The number of carbonyl (C=O) groups excluding carboxylic acids is 2. The fourth-order valence-electron chi connectivity index (χ4n) is 3.93. The van der Waals surface area contributed by atoms with E-state index in [4.69, 9.17) is 4.79 Å². The number of carbonyl (C=O) groups is 2. The number of fused-ring (bicyclic) bond motifs is 1. The zero-order valence-corrected chi connectivity index (χ0v) is 17.1. The number of benzene rings is 1. The van der Waals surface area contributed by atoms with Gasteiger partial charge in [0, 0.05) is 55.0 Å². The normalized spacial score (nSPS) is 13.0. The van der Waals surface area contributed by atoms with Gasteiger partial charge in [-0.25, -0.2) is 0 Å². The van der Waals surface area contributed by atoms with Crippen LogP contribution in [0.15, 0.2) is 73.4 Å². The van der Waals surface area contributed by atoms with E-state index in [0.717, 1.165) is 59.1 Å². The first-order valence-electron chi connectivity index (χ1n) is 10.1. The molecule has 0 radical (unpaired) electrons. The summed E-state index contributed by atoms with van der Waals surface area (Å²) >= 11 is 0. The number of aromatic nitrogens is 3. The number of nitrogens with zero attached hydrogens (tertiary/aromatic N) is 4. The van der Waals surface area contributed by atoms with Crippen molar-refractivity contribution in [3.8, 4) is 22.3 Å². The van der Waals surface area contributed by atoms with Crippen molar-refractivity contribution in [2.45, 2.75) is 12.8 Å². The molecule has 0 N–H and O–H groups in total. The summed E-state index contributed by atoms with van der Waals surface area (Å²) in [5.74, 6) is 0.0665. The van der Waals surface area contributed by atoms with Crippen LogP contribution < -0.4 is 0 Å². The maximum absolute atomic E-state index is 12.8. The minimum atomic E-state index is 0.0665. The van der Waals surface area contributed by atoms with Gasteiger partial charge in [0.15, 0.2) is 0 Å². The fraction of sp³-hybridized carbons (Fsp3) is 0.160. The molecule has 0 atom stereocenters. The minimum absolute atomic E-state index is 0.0665. The number of hydrogen-bond donors (Lipinski definition) is 0. The van der Waals surface area contributed by atoms with Crippen LogP contribution in [0, 0.1) is 0 Å². The second-order valence-corrected chi connectivity index (χ2v) is 7.29. The average Bonchev–Trinajstić information content (AvgIpc) is 3.40. The van der Waals surface area contributed by atoms with Crippen LogP contribution in [0.4, 0.5) is 0 Å². The Labute approximate surface area is 180 Å². The van der Waals surface area contributed by atoms with E-state index in [-0.39, 0.29) is 5.91 Å². The van der Waals surface area contributed by atoms with Gasteiger partial charge in [0.05, 0.1) is 11.1 Å². The third-order valence-electron chi connectivity index (χ3n) is 5.44. The molecule has 4 heterocycles. The lowest BCUT2D eigenvalue weighted by molar-refractivity contribution is -0.0980. The molecule has 1 amide bonds. The van der Waals surface area contributed by atoms with Crippen molar-refractivity contribution < 1.29 is 9.59 Å². The molecule has 3 aromatic heterocycles. The Morgan fingerprint density at radius 2 is 1.58 bits per heavy atom. The van der Waals surface area contributed by atoms with Crippen molar-refractivity contribution in [3.63, 3.8) is 0 Å². The second kappa shape index (κ2) is 9.26. The van der Waals surface area contributed by atoms with Gasteiger partial charge in [-0.05, 0) is 65.9 Å². The maximum atomic E-state index is 12.8. The van der Waals surface area contributed by atoms with Crippen LogP contribution in [-0.4, -0.2) is 45.6 Å². The van der Waals surface area contributed by atoms with E-state index in [0.29, 0.717) is 5.56 Å².